The van der Waals surface area contributed by atoms with Gasteiger partial charge in [-0.05, 0) is 18.6 Å². The van der Waals surface area contributed by atoms with Crippen LogP contribution in [-0.2, 0) is 11.3 Å². The SMILES string of the molecule is CCO[C@@H]1CCC([N+](=O)[O-])=C2N(Cc3ccc(Cl)nc3)CCN21. The van der Waals surface area contributed by atoms with Crippen molar-refractivity contribution in [3.63, 3.8) is 0 Å². The first kappa shape index (κ1) is 16.0. The molecule has 1 aromatic heterocycles. The maximum absolute atomic E-state index is 11.4. The molecule has 0 aliphatic carbocycles. The van der Waals surface area contributed by atoms with Crippen molar-refractivity contribution in [2.24, 2.45) is 0 Å². The molecule has 7 nitrogen and oxygen atoms in total. The highest BCUT2D eigenvalue weighted by Crippen LogP contribution is 2.34. The number of pyridine rings is 1. The van der Waals surface area contributed by atoms with Crippen molar-refractivity contribution < 1.29 is 9.66 Å². The fourth-order valence-electron chi connectivity index (χ4n) is 3.19. The summed E-state index contributed by atoms with van der Waals surface area (Å²) < 4.78 is 5.75. The van der Waals surface area contributed by atoms with Crippen LogP contribution in [0.5, 0.6) is 0 Å². The number of nitro groups is 1. The van der Waals surface area contributed by atoms with Gasteiger partial charge in [0, 0.05) is 45.3 Å². The number of allylic oxidation sites excluding steroid dienone is 1. The zero-order valence-corrected chi connectivity index (χ0v) is 13.7. The average Bonchev–Trinajstić information content (AvgIpc) is 2.94. The molecule has 1 saturated heterocycles. The molecule has 3 heterocycles. The number of ether oxygens (including phenoxy) is 1. The van der Waals surface area contributed by atoms with Crippen LogP contribution in [0, 0.1) is 10.1 Å². The summed E-state index contributed by atoms with van der Waals surface area (Å²) in [7, 11) is 0. The molecule has 8 heteroatoms. The van der Waals surface area contributed by atoms with Crippen LogP contribution in [0.3, 0.4) is 0 Å². The second-order valence-corrected chi connectivity index (χ2v) is 5.97. The topological polar surface area (TPSA) is 71.7 Å². The molecule has 1 aromatic rings. The van der Waals surface area contributed by atoms with Gasteiger partial charge in [-0.3, -0.25) is 10.1 Å². The summed E-state index contributed by atoms with van der Waals surface area (Å²) in [6.45, 7) is 4.59. The van der Waals surface area contributed by atoms with E-state index in [0.717, 1.165) is 18.7 Å². The van der Waals surface area contributed by atoms with Crippen LogP contribution in [0.4, 0.5) is 0 Å². The third-order valence-electron chi connectivity index (χ3n) is 4.16. The first-order chi connectivity index (χ1) is 11.1. The number of aromatic nitrogens is 1. The Morgan fingerprint density at radius 2 is 2.30 bits per heavy atom. The minimum absolute atomic E-state index is 0.0768. The fraction of sp³-hybridized carbons (Fsp3) is 0.533. The van der Waals surface area contributed by atoms with Crippen LogP contribution >= 0.6 is 11.6 Å². The zero-order chi connectivity index (χ0) is 16.4. The van der Waals surface area contributed by atoms with Crippen LogP contribution in [0.25, 0.3) is 0 Å². The summed E-state index contributed by atoms with van der Waals surface area (Å²) in [5.74, 6) is 0.689. The number of rotatable bonds is 5. The van der Waals surface area contributed by atoms with E-state index in [9.17, 15) is 10.1 Å². The molecule has 0 unspecified atom stereocenters. The lowest BCUT2D eigenvalue weighted by molar-refractivity contribution is -0.433. The van der Waals surface area contributed by atoms with Crippen LogP contribution in [0.15, 0.2) is 29.8 Å². The van der Waals surface area contributed by atoms with E-state index >= 15 is 0 Å². The lowest BCUT2D eigenvalue weighted by atomic mass is 10.1. The molecular weight excluding hydrogens is 320 g/mol. The predicted octanol–water partition coefficient (Wildman–Crippen LogP) is 2.45. The minimum atomic E-state index is -0.261. The molecule has 0 saturated carbocycles. The normalized spacial score (nSPS) is 20.9. The summed E-state index contributed by atoms with van der Waals surface area (Å²) in [5.41, 5.74) is 1.25. The smallest absolute Gasteiger partial charge is 0.286 e. The molecule has 0 spiro atoms. The fourth-order valence-corrected chi connectivity index (χ4v) is 3.30. The number of hydrogen-bond acceptors (Lipinski definition) is 6. The van der Waals surface area contributed by atoms with Gasteiger partial charge in [0.1, 0.15) is 11.4 Å². The van der Waals surface area contributed by atoms with Crippen molar-refractivity contribution in [1.29, 1.82) is 0 Å². The van der Waals surface area contributed by atoms with Gasteiger partial charge in [-0.1, -0.05) is 17.7 Å². The number of fused-ring (bicyclic) bond motifs is 1. The van der Waals surface area contributed by atoms with Gasteiger partial charge in [0.15, 0.2) is 5.82 Å². The molecule has 1 fully saturated rings. The molecular formula is C15H19ClN4O3. The van der Waals surface area contributed by atoms with Crippen LogP contribution < -0.4 is 0 Å². The Morgan fingerprint density at radius 3 is 2.96 bits per heavy atom. The number of hydrogen-bond donors (Lipinski definition) is 0. The molecule has 124 valence electrons. The summed E-state index contributed by atoms with van der Waals surface area (Å²) in [5, 5.41) is 11.9. The van der Waals surface area contributed by atoms with Crippen molar-refractivity contribution in [3.05, 3.63) is 50.7 Å². The van der Waals surface area contributed by atoms with Gasteiger partial charge in [-0.2, -0.15) is 0 Å². The van der Waals surface area contributed by atoms with E-state index in [1.165, 1.54) is 0 Å². The van der Waals surface area contributed by atoms with E-state index in [2.05, 4.69) is 4.98 Å². The third-order valence-corrected chi connectivity index (χ3v) is 4.38. The van der Waals surface area contributed by atoms with Crippen molar-refractivity contribution in [1.82, 2.24) is 14.8 Å². The number of nitrogens with zero attached hydrogens (tertiary/aromatic N) is 4. The maximum Gasteiger partial charge on any atom is 0.286 e. The summed E-state index contributed by atoms with van der Waals surface area (Å²) in [6, 6.07) is 3.63. The molecule has 0 radical (unpaired) electrons. The van der Waals surface area contributed by atoms with E-state index in [0.29, 0.717) is 37.0 Å². The van der Waals surface area contributed by atoms with Crippen LogP contribution in [0.1, 0.15) is 25.3 Å². The largest absolute Gasteiger partial charge is 0.359 e. The second kappa shape index (κ2) is 6.72. The number of halogens is 1. The van der Waals surface area contributed by atoms with E-state index in [-0.39, 0.29) is 16.8 Å². The van der Waals surface area contributed by atoms with Gasteiger partial charge in [0.2, 0.25) is 0 Å². The molecule has 0 amide bonds. The van der Waals surface area contributed by atoms with Crippen molar-refractivity contribution in [2.75, 3.05) is 19.7 Å². The van der Waals surface area contributed by atoms with Crippen LogP contribution in [0.2, 0.25) is 5.15 Å². The van der Waals surface area contributed by atoms with Crippen LogP contribution in [-0.4, -0.2) is 45.6 Å². The Kier molecular flexibility index (Phi) is 4.68. The summed E-state index contributed by atoms with van der Waals surface area (Å²) >= 11 is 5.81. The first-order valence-electron chi connectivity index (χ1n) is 7.71. The maximum atomic E-state index is 11.4. The average molecular weight is 339 g/mol. The highest BCUT2D eigenvalue weighted by molar-refractivity contribution is 6.29. The highest BCUT2D eigenvalue weighted by atomic mass is 35.5. The Hall–Kier alpha value is -1.86. The van der Waals surface area contributed by atoms with Gasteiger partial charge in [-0.25, -0.2) is 4.98 Å². The van der Waals surface area contributed by atoms with Crippen molar-refractivity contribution in [2.45, 2.75) is 32.5 Å². The monoisotopic (exact) mass is 338 g/mol. The van der Waals surface area contributed by atoms with Crippen molar-refractivity contribution in [3.8, 4) is 0 Å². The van der Waals surface area contributed by atoms with E-state index < -0.39 is 0 Å². The molecule has 3 rings (SSSR count). The quantitative estimate of drug-likeness (QED) is 0.466. The Bertz CT molecular complexity index is 620. The zero-order valence-electron chi connectivity index (χ0n) is 12.9. The van der Waals surface area contributed by atoms with Gasteiger partial charge in [0.05, 0.1) is 4.92 Å². The Labute approximate surface area is 139 Å². The van der Waals surface area contributed by atoms with Gasteiger partial charge >= 0.3 is 0 Å². The summed E-state index contributed by atoms with van der Waals surface area (Å²) in [4.78, 5) is 19.3. The molecule has 1 atom stereocenters. The summed E-state index contributed by atoms with van der Waals surface area (Å²) in [6.07, 6.45) is 2.72. The lowest BCUT2D eigenvalue weighted by Crippen LogP contribution is -2.40. The van der Waals surface area contributed by atoms with Gasteiger partial charge < -0.3 is 14.5 Å². The van der Waals surface area contributed by atoms with Gasteiger partial charge in [0.25, 0.3) is 5.70 Å². The molecule has 2 aliphatic heterocycles. The molecule has 2 aliphatic rings. The predicted molar refractivity (Wildman–Crippen MR) is 85.0 cm³/mol. The Balaban J connectivity index is 1.86. The van der Waals surface area contributed by atoms with Gasteiger partial charge in [-0.15, -0.1) is 0 Å². The Morgan fingerprint density at radius 1 is 1.48 bits per heavy atom. The molecule has 0 aromatic carbocycles. The molecule has 23 heavy (non-hydrogen) atoms. The minimum Gasteiger partial charge on any atom is -0.359 e. The molecule has 0 bridgehead atoms. The highest BCUT2D eigenvalue weighted by Gasteiger charge is 2.41. The molecule has 0 N–H and O–H groups in total. The van der Waals surface area contributed by atoms with E-state index in [1.807, 2.05) is 22.8 Å². The van der Waals surface area contributed by atoms with E-state index in [4.69, 9.17) is 16.3 Å². The standard InChI is InChI=1S/C15H19ClN4O3/c1-2-23-14-6-4-12(20(21)22)15-18(7-8-19(14)15)10-11-3-5-13(16)17-9-11/h3,5,9,14H,2,4,6-8,10H2,1H3/t14-/m1/s1. The third kappa shape index (κ3) is 3.25. The second-order valence-electron chi connectivity index (χ2n) is 5.58. The lowest BCUT2D eigenvalue weighted by Gasteiger charge is -2.34. The van der Waals surface area contributed by atoms with Crippen molar-refractivity contribution >= 4 is 11.6 Å². The first-order valence-corrected chi connectivity index (χ1v) is 8.09. The van der Waals surface area contributed by atoms with E-state index in [1.54, 1.807) is 12.3 Å².